The van der Waals surface area contributed by atoms with Crippen LogP contribution in [0.2, 0.25) is 0 Å². The highest BCUT2D eigenvalue weighted by atomic mass is 16.7. The molecule has 7 nitrogen and oxygen atoms in total. The highest BCUT2D eigenvalue weighted by Gasteiger charge is 2.13. The molecule has 0 saturated heterocycles. The highest BCUT2D eigenvalue weighted by molar-refractivity contribution is 5.66. The quantitative estimate of drug-likeness (QED) is 0.878. The minimum Gasteiger partial charge on any atom is -0.481 e. The van der Waals surface area contributed by atoms with Gasteiger partial charge in [-0.25, -0.2) is 4.68 Å². The van der Waals surface area contributed by atoms with E-state index < -0.39 is 5.97 Å². The van der Waals surface area contributed by atoms with Gasteiger partial charge in [0.1, 0.15) is 0 Å². The number of hydrogen-bond donors (Lipinski definition) is 1. The number of rotatable bonds is 5. The predicted octanol–water partition coefficient (Wildman–Crippen LogP) is 1.07. The van der Waals surface area contributed by atoms with E-state index in [9.17, 15) is 4.79 Å². The van der Waals surface area contributed by atoms with Crippen molar-refractivity contribution in [2.45, 2.75) is 19.4 Å². The van der Waals surface area contributed by atoms with Gasteiger partial charge in [-0.3, -0.25) is 4.79 Å². The summed E-state index contributed by atoms with van der Waals surface area (Å²) in [6.07, 6.45) is 2.20. The Labute approximate surface area is 114 Å². The number of fused-ring (bicyclic) bond motifs is 1. The molecule has 1 aliphatic heterocycles. The normalized spacial score (nSPS) is 12.6. The van der Waals surface area contributed by atoms with Gasteiger partial charge in [-0.15, -0.1) is 5.10 Å². The van der Waals surface area contributed by atoms with Crippen molar-refractivity contribution in [3.8, 4) is 11.5 Å². The van der Waals surface area contributed by atoms with Crippen molar-refractivity contribution in [1.82, 2.24) is 15.0 Å². The lowest BCUT2D eigenvalue weighted by Crippen LogP contribution is -2.00. The summed E-state index contributed by atoms with van der Waals surface area (Å²) in [5.41, 5.74) is 1.69. The maximum Gasteiger partial charge on any atom is 0.303 e. The van der Waals surface area contributed by atoms with Gasteiger partial charge in [0.05, 0.1) is 18.7 Å². The van der Waals surface area contributed by atoms with Crippen LogP contribution < -0.4 is 9.47 Å². The molecule has 0 saturated carbocycles. The zero-order valence-electron chi connectivity index (χ0n) is 10.7. The fraction of sp³-hybridized carbons (Fsp3) is 0.308. The molecule has 104 valence electrons. The summed E-state index contributed by atoms with van der Waals surface area (Å²) in [6.45, 7) is 0.804. The number of aromatic nitrogens is 3. The van der Waals surface area contributed by atoms with E-state index in [0.29, 0.717) is 18.7 Å². The van der Waals surface area contributed by atoms with Gasteiger partial charge >= 0.3 is 5.97 Å². The van der Waals surface area contributed by atoms with Gasteiger partial charge < -0.3 is 14.6 Å². The topological polar surface area (TPSA) is 86.5 Å². The molecule has 0 spiro atoms. The maximum atomic E-state index is 10.5. The smallest absolute Gasteiger partial charge is 0.303 e. The van der Waals surface area contributed by atoms with Gasteiger partial charge in [0.25, 0.3) is 0 Å². The molecular formula is C13H13N3O4. The lowest BCUT2D eigenvalue weighted by atomic mass is 10.2. The van der Waals surface area contributed by atoms with Crippen LogP contribution in [-0.4, -0.2) is 32.9 Å². The third-order valence-electron chi connectivity index (χ3n) is 2.96. The molecule has 0 atom stereocenters. The Morgan fingerprint density at radius 2 is 2.20 bits per heavy atom. The monoisotopic (exact) mass is 275 g/mol. The molecule has 0 radical (unpaired) electrons. The number of ether oxygens (including phenoxy) is 2. The van der Waals surface area contributed by atoms with E-state index in [1.165, 1.54) is 0 Å². The number of carboxylic acids is 1. The Balaban J connectivity index is 1.67. The van der Waals surface area contributed by atoms with Crippen molar-refractivity contribution in [3.63, 3.8) is 0 Å². The molecule has 1 N–H and O–H groups in total. The van der Waals surface area contributed by atoms with Crippen LogP contribution in [0.5, 0.6) is 11.5 Å². The summed E-state index contributed by atoms with van der Waals surface area (Å²) >= 11 is 0. The van der Waals surface area contributed by atoms with E-state index in [-0.39, 0.29) is 13.2 Å². The van der Waals surface area contributed by atoms with E-state index in [2.05, 4.69) is 10.3 Å². The largest absolute Gasteiger partial charge is 0.481 e. The fourth-order valence-corrected chi connectivity index (χ4v) is 1.99. The molecule has 3 rings (SSSR count). The number of carbonyl (C=O) groups is 1. The maximum absolute atomic E-state index is 10.5. The molecule has 0 bridgehead atoms. The summed E-state index contributed by atoms with van der Waals surface area (Å²) in [4.78, 5) is 10.5. The molecule has 0 unspecified atom stereocenters. The molecule has 1 aliphatic rings. The van der Waals surface area contributed by atoms with Gasteiger partial charge in [-0.1, -0.05) is 11.3 Å². The van der Waals surface area contributed by atoms with Crippen molar-refractivity contribution >= 4 is 5.97 Å². The molecule has 2 aromatic rings. The van der Waals surface area contributed by atoms with Crippen molar-refractivity contribution < 1.29 is 19.4 Å². The third kappa shape index (κ3) is 2.71. The summed E-state index contributed by atoms with van der Waals surface area (Å²) < 4.78 is 12.2. The zero-order valence-corrected chi connectivity index (χ0v) is 10.7. The summed E-state index contributed by atoms with van der Waals surface area (Å²) in [5.74, 6) is 0.638. The van der Waals surface area contributed by atoms with Crippen LogP contribution in [0.25, 0.3) is 0 Å². The van der Waals surface area contributed by atoms with E-state index in [1.54, 1.807) is 10.9 Å². The second-order valence-electron chi connectivity index (χ2n) is 4.49. The minimum absolute atomic E-state index is 0.0583. The first kappa shape index (κ1) is 12.5. The molecule has 2 heterocycles. The second kappa shape index (κ2) is 5.20. The van der Waals surface area contributed by atoms with Crippen molar-refractivity contribution in [1.29, 1.82) is 0 Å². The first-order valence-corrected chi connectivity index (χ1v) is 6.20. The first-order valence-electron chi connectivity index (χ1n) is 6.20. The second-order valence-corrected chi connectivity index (χ2v) is 4.49. The highest BCUT2D eigenvalue weighted by Crippen LogP contribution is 2.32. The lowest BCUT2D eigenvalue weighted by Gasteiger charge is -2.02. The summed E-state index contributed by atoms with van der Waals surface area (Å²) in [5, 5.41) is 16.6. The van der Waals surface area contributed by atoms with E-state index in [0.717, 1.165) is 17.1 Å². The molecule has 20 heavy (non-hydrogen) atoms. The zero-order chi connectivity index (χ0) is 13.9. The first-order chi connectivity index (χ1) is 9.70. The van der Waals surface area contributed by atoms with Gasteiger partial charge in [0, 0.05) is 12.6 Å². The molecule has 1 aromatic heterocycles. The number of aryl methyl sites for hydroxylation is 1. The van der Waals surface area contributed by atoms with Crippen LogP contribution >= 0.6 is 0 Å². The molecule has 0 amide bonds. The Kier molecular flexibility index (Phi) is 3.24. The average Bonchev–Trinajstić information content (AvgIpc) is 3.04. The number of aliphatic carboxylic acids is 1. The SMILES string of the molecule is O=C(O)CCc1cn(Cc2ccc3c(c2)OCO3)nn1. The number of benzene rings is 1. The Morgan fingerprint density at radius 1 is 1.35 bits per heavy atom. The van der Waals surface area contributed by atoms with Crippen LogP contribution in [0.4, 0.5) is 0 Å². The van der Waals surface area contributed by atoms with Gasteiger partial charge in [-0.05, 0) is 17.7 Å². The van der Waals surface area contributed by atoms with Gasteiger partial charge in [-0.2, -0.15) is 0 Å². The lowest BCUT2D eigenvalue weighted by molar-refractivity contribution is -0.136. The van der Waals surface area contributed by atoms with E-state index >= 15 is 0 Å². The van der Waals surface area contributed by atoms with Crippen molar-refractivity contribution in [3.05, 3.63) is 35.7 Å². The van der Waals surface area contributed by atoms with Crippen LogP contribution in [0.15, 0.2) is 24.4 Å². The van der Waals surface area contributed by atoms with Gasteiger partial charge in [0.2, 0.25) is 6.79 Å². The van der Waals surface area contributed by atoms with Gasteiger partial charge in [0.15, 0.2) is 11.5 Å². The fourth-order valence-electron chi connectivity index (χ4n) is 1.99. The number of carboxylic acid groups (broad SMARTS) is 1. The minimum atomic E-state index is -0.838. The van der Waals surface area contributed by atoms with Crippen molar-refractivity contribution in [2.75, 3.05) is 6.79 Å². The van der Waals surface area contributed by atoms with Crippen LogP contribution in [0, 0.1) is 0 Å². The van der Waals surface area contributed by atoms with Crippen LogP contribution in [0.1, 0.15) is 17.7 Å². The Bertz CT molecular complexity index is 638. The molecule has 7 heteroatoms. The molecular weight excluding hydrogens is 262 g/mol. The Hall–Kier alpha value is -2.57. The van der Waals surface area contributed by atoms with Crippen molar-refractivity contribution in [2.24, 2.45) is 0 Å². The molecule has 0 fully saturated rings. The van der Waals surface area contributed by atoms with Crippen LogP contribution in [-0.2, 0) is 17.8 Å². The predicted molar refractivity (Wildman–Crippen MR) is 67.6 cm³/mol. The van der Waals surface area contributed by atoms with E-state index in [4.69, 9.17) is 14.6 Å². The Morgan fingerprint density at radius 3 is 3.05 bits per heavy atom. The van der Waals surface area contributed by atoms with E-state index in [1.807, 2.05) is 18.2 Å². The standard InChI is InChI=1S/C13H13N3O4/c17-13(18)4-2-10-7-16(15-14-10)6-9-1-3-11-12(5-9)20-8-19-11/h1,3,5,7H,2,4,6,8H2,(H,17,18). The van der Waals surface area contributed by atoms with Crippen LogP contribution in [0.3, 0.4) is 0 Å². The average molecular weight is 275 g/mol. The summed E-state index contributed by atoms with van der Waals surface area (Å²) in [6, 6.07) is 5.70. The number of nitrogens with zero attached hydrogens (tertiary/aromatic N) is 3. The third-order valence-corrected chi connectivity index (χ3v) is 2.96. The number of hydrogen-bond acceptors (Lipinski definition) is 5. The molecule has 1 aromatic carbocycles. The molecule has 0 aliphatic carbocycles. The summed E-state index contributed by atoms with van der Waals surface area (Å²) in [7, 11) is 0.